The average molecular weight is 380 g/mol. The smallest absolute Gasteiger partial charge is 0.228 e. The molecule has 7 heteroatoms. The third kappa shape index (κ3) is 7.21. The number of benzene rings is 2. The minimum atomic E-state index is -0.560. The van der Waals surface area contributed by atoms with E-state index in [1.807, 2.05) is 37.3 Å². The number of halogens is 2. The summed E-state index contributed by atoms with van der Waals surface area (Å²) in [6, 6.07) is 13.2. The maximum absolute atomic E-state index is 13.9. The van der Waals surface area contributed by atoms with E-state index in [-0.39, 0.29) is 48.8 Å². The highest BCUT2D eigenvalue weighted by Gasteiger charge is 2.10. The Hall–Kier alpha value is -2.44. The Bertz CT molecular complexity index is 739. The lowest BCUT2D eigenvalue weighted by atomic mass is 10.1. The summed E-state index contributed by atoms with van der Waals surface area (Å²) in [6.45, 7) is 1.82. The molecule has 2 aromatic rings. The molecule has 0 radical (unpaired) electrons. The summed E-state index contributed by atoms with van der Waals surface area (Å²) >= 11 is 0. The van der Waals surface area contributed by atoms with Gasteiger partial charge in [-0.2, -0.15) is 0 Å². The van der Waals surface area contributed by atoms with Gasteiger partial charge >= 0.3 is 0 Å². The quantitative estimate of drug-likeness (QED) is 0.688. The van der Waals surface area contributed by atoms with Gasteiger partial charge in [0.2, 0.25) is 11.8 Å². The lowest BCUT2D eigenvalue weighted by Gasteiger charge is -2.11. The fraction of sp³-hybridized carbons (Fsp3) is 0.263. The van der Waals surface area contributed by atoms with Gasteiger partial charge in [0.15, 0.2) is 0 Å². The molecule has 2 aromatic carbocycles. The zero-order chi connectivity index (χ0) is 18.2. The molecule has 1 atom stereocenters. The molecule has 140 valence electrons. The Labute approximate surface area is 158 Å². The number of rotatable bonds is 7. The second-order valence-electron chi connectivity index (χ2n) is 5.97. The highest BCUT2D eigenvalue weighted by atomic mass is 35.5. The average Bonchev–Trinajstić information content (AvgIpc) is 2.57. The molecule has 26 heavy (non-hydrogen) atoms. The Kier molecular flexibility index (Phi) is 8.75. The molecule has 0 fully saturated rings. The minimum Gasteiger partial charge on any atom is -0.328 e. The molecule has 1 unspecified atom stereocenters. The van der Waals surface area contributed by atoms with Gasteiger partial charge < -0.3 is 16.4 Å². The zero-order valence-corrected chi connectivity index (χ0v) is 15.3. The summed E-state index contributed by atoms with van der Waals surface area (Å²) < 4.78 is 13.9. The van der Waals surface area contributed by atoms with Crippen LogP contribution in [-0.4, -0.2) is 17.9 Å². The number of amides is 2. The van der Waals surface area contributed by atoms with Crippen molar-refractivity contribution in [3.05, 3.63) is 59.9 Å². The molecule has 0 aliphatic rings. The normalized spacial score (nSPS) is 11.2. The lowest BCUT2D eigenvalue weighted by molar-refractivity contribution is -0.116. The number of hydrogen-bond donors (Lipinski definition) is 3. The van der Waals surface area contributed by atoms with Gasteiger partial charge in [0, 0.05) is 18.2 Å². The van der Waals surface area contributed by atoms with Crippen molar-refractivity contribution in [2.45, 2.75) is 32.2 Å². The Balaban J connectivity index is 0.00000338. The summed E-state index contributed by atoms with van der Waals surface area (Å²) in [5.74, 6) is -1.09. The Morgan fingerprint density at radius 1 is 1.08 bits per heavy atom. The maximum atomic E-state index is 13.9. The van der Waals surface area contributed by atoms with Crippen LogP contribution in [0.4, 0.5) is 15.8 Å². The summed E-state index contributed by atoms with van der Waals surface area (Å²) in [6.07, 6.45) is 0.990. The summed E-state index contributed by atoms with van der Waals surface area (Å²) in [4.78, 5) is 23.9. The minimum absolute atomic E-state index is 0. The zero-order valence-electron chi connectivity index (χ0n) is 14.5. The van der Waals surface area contributed by atoms with Gasteiger partial charge in [-0.25, -0.2) is 4.39 Å². The lowest BCUT2D eigenvalue weighted by Crippen LogP contribution is -2.20. The van der Waals surface area contributed by atoms with Crippen LogP contribution < -0.4 is 16.4 Å². The third-order valence-corrected chi connectivity index (χ3v) is 3.56. The van der Waals surface area contributed by atoms with Crippen molar-refractivity contribution >= 4 is 35.6 Å². The number of nitrogens with one attached hydrogen (secondary N) is 2. The number of carbonyl (C=O) groups is 2. The van der Waals surface area contributed by atoms with E-state index < -0.39 is 5.82 Å². The van der Waals surface area contributed by atoms with Crippen molar-refractivity contribution < 1.29 is 14.0 Å². The fourth-order valence-electron chi connectivity index (χ4n) is 2.26. The van der Waals surface area contributed by atoms with E-state index in [0.717, 1.165) is 5.56 Å². The number of anilines is 2. The van der Waals surface area contributed by atoms with Crippen molar-refractivity contribution in [1.29, 1.82) is 0 Å². The van der Waals surface area contributed by atoms with Gasteiger partial charge in [0.05, 0.1) is 12.1 Å². The first-order chi connectivity index (χ1) is 11.9. The van der Waals surface area contributed by atoms with Crippen LogP contribution in [0.3, 0.4) is 0 Å². The summed E-state index contributed by atoms with van der Waals surface area (Å²) in [7, 11) is 0. The first kappa shape index (κ1) is 21.6. The van der Waals surface area contributed by atoms with E-state index in [9.17, 15) is 14.0 Å². The van der Waals surface area contributed by atoms with E-state index in [4.69, 9.17) is 5.73 Å². The topological polar surface area (TPSA) is 84.2 Å². The molecule has 0 aliphatic heterocycles. The molecule has 2 rings (SSSR count). The molecule has 0 aliphatic carbocycles. The SMILES string of the molecule is CC(N)CCC(=O)Nc1ccc(F)c(NC(=O)Cc2ccccc2)c1.Cl. The van der Waals surface area contributed by atoms with Crippen molar-refractivity contribution in [3.8, 4) is 0 Å². The molecule has 0 heterocycles. The fourth-order valence-corrected chi connectivity index (χ4v) is 2.26. The molecule has 0 bridgehead atoms. The number of nitrogens with two attached hydrogens (primary N) is 1. The van der Waals surface area contributed by atoms with Crippen molar-refractivity contribution in [3.63, 3.8) is 0 Å². The van der Waals surface area contributed by atoms with Crippen LogP contribution in [0.15, 0.2) is 48.5 Å². The Morgan fingerprint density at radius 3 is 2.42 bits per heavy atom. The second kappa shape index (κ2) is 10.5. The van der Waals surface area contributed by atoms with Crippen LogP contribution in [-0.2, 0) is 16.0 Å². The molecule has 2 amide bonds. The third-order valence-electron chi connectivity index (χ3n) is 3.56. The Morgan fingerprint density at radius 2 is 1.77 bits per heavy atom. The van der Waals surface area contributed by atoms with Crippen LogP contribution in [0.5, 0.6) is 0 Å². The number of carbonyl (C=O) groups excluding carboxylic acids is 2. The summed E-state index contributed by atoms with van der Waals surface area (Å²) in [5, 5.41) is 5.21. The van der Waals surface area contributed by atoms with Gasteiger partial charge in [0.25, 0.3) is 0 Å². The van der Waals surface area contributed by atoms with E-state index in [1.165, 1.54) is 18.2 Å². The van der Waals surface area contributed by atoms with Gasteiger partial charge in [-0.1, -0.05) is 30.3 Å². The molecule has 0 spiro atoms. The van der Waals surface area contributed by atoms with E-state index in [0.29, 0.717) is 12.1 Å². The van der Waals surface area contributed by atoms with Gasteiger partial charge in [-0.3, -0.25) is 9.59 Å². The maximum Gasteiger partial charge on any atom is 0.228 e. The van der Waals surface area contributed by atoms with E-state index >= 15 is 0 Å². The van der Waals surface area contributed by atoms with Crippen LogP contribution in [0.2, 0.25) is 0 Å². The van der Waals surface area contributed by atoms with Crippen molar-refractivity contribution in [1.82, 2.24) is 0 Å². The molecular weight excluding hydrogens is 357 g/mol. The van der Waals surface area contributed by atoms with E-state index in [2.05, 4.69) is 10.6 Å². The molecule has 5 nitrogen and oxygen atoms in total. The molecular formula is C19H23ClFN3O2. The second-order valence-corrected chi connectivity index (χ2v) is 5.97. The first-order valence-corrected chi connectivity index (χ1v) is 8.13. The van der Waals surface area contributed by atoms with Crippen LogP contribution >= 0.6 is 12.4 Å². The monoisotopic (exact) mass is 379 g/mol. The van der Waals surface area contributed by atoms with Gasteiger partial charge in [0.1, 0.15) is 5.82 Å². The van der Waals surface area contributed by atoms with Crippen molar-refractivity contribution in [2.24, 2.45) is 5.73 Å². The first-order valence-electron chi connectivity index (χ1n) is 8.13. The molecule has 0 saturated heterocycles. The van der Waals surface area contributed by atoms with E-state index in [1.54, 1.807) is 0 Å². The molecule has 4 N–H and O–H groups in total. The van der Waals surface area contributed by atoms with Crippen molar-refractivity contribution in [2.75, 3.05) is 10.6 Å². The van der Waals surface area contributed by atoms with Gasteiger partial charge in [-0.15, -0.1) is 12.4 Å². The summed E-state index contributed by atoms with van der Waals surface area (Å²) in [5.41, 5.74) is 6.91. The highest BCUT2D eigenvalue weighted by Crippen LogP contribution is 2.20. The van der Waals surface area contributed by atoms with Gasteiger partial charge in [-0.05, 0) is 37.1 Å². The predicted octanol–water partition coefficient (Wildman–Crippen LogP) is 3.49. The molecule has 0 saturated carbocycles. The van der Waals surface area contributed by atoms with Crippen LogP contribution in [0, 0.1) is 5.82 Å². The number of hydrogen-bond acceptors (Lipinski definition) is 3. The largest absolute Gasteiger partial charge is 0.328 e. The van der Waals surface area contributed by atoms with Crippen LogP contribution in [0.25, 0.3) is 0 Å². The highest BCUT2D eigenvalue weighted by molar-refractivity contribution is 5.95. The van der Waals surface area contributed by atoms with Crippen LogP contribution in [0.1, 0.15) is 25.3 Å². The predicted molar refractivity (Wildman–Crippen MR) is 104 cm³/mol. The molecule has 0 aromatic heterocycles. The standard InChI is InChI=1S/C19H22FN3O2.ClH/c1-13(21)7-10-18(24)22-15-8-9-16(20)17(12-15)23-19(25)11-14-5-3-2-4-6-14;/h2-6,8-9,12-13H,7,10-11,21H2,1H3,(H,22,24)(H,23,25);1H.